The van der Waals surface area contributed by atoms with Crippen LogP contribution in [-0.2, 0) is 0 Å². The molecule has 0 spiro atoms. The number of halogens is 2. The third kappa shape index (κ3) is 1.93. The summed E-state index contributed by atoms with van der Waals surface area (Å²) in [5.74, 6) is 0.523. The van der Waals surface area contributed by atoms with Crippen LogP contribution in [0, 0.1) is 0 Å². The van der Waals surface area contributed by atoms with Gasteiger partial charge in [0.2, 0.25) is 0 Å². The molecule has 0 unspecified atom stereocenters. The molecule has 1 aliphatic rings. The highest BCUT2D eigenvalue weighted by atomic mass is 35.5. The van der Waals surface area contributed by atoms with Gasteiger partial charge in [-0.1, -0.05) is 29.3 Å². The maximum absolute atomic E-state index is 12.2. The highest BCUT2D eigenvalue weighted by Crippen LogP contribution is 2.26. The van der Waals surface area contributed by atoms with E-state index in [2.05, 4.69) is 4.99 Å². The number of nitrogens with zero attached hydrogens (tertiary/aromatic N) is 2. The molecule has 0 fully saturated rings. The van der Waals surface area contributed by atoms with E-state index in [1.54, 1.807) is 30.0 Å². The Kier molecular flexibility index (Phi) is 3.17. The van der Waals surface area contributed by atoms with E-state index in [1.165, 1.54) is 0 Å². The van der Waals surface area contributed by atoms with Crippen molar-refractivity contribution in [2.45, 2.75) is 6.92 Å². The topological polar surface area (TPSA) is 32.7 Å². The number of amidine groups is 1. The van der Waals surface area contributed by atoms with Gasteiger partial charge in [0.15, 0.2) is 0 Å². The highest BCUT2D eigenvalue weighted by molar-refractivity contribution is 6.40. The molecule has 1 amide bonds. The van der Waals surface area contributed by atoms with Crippen LogP contribution in [0.5, 0.6) is 0 Å². The molecule has 0 saturated heterocycles. The monoisotopic (exact) mass is 256 g/mol. The molecule has 16 heavy (non-hydrogen) atoms. The average Bonchev–Trinajstić information content (AvgIpc) is 2.64. The van der Waals surface area contributed by atoms with Crippen molar-refractivity contribution in [1.29, 1.82) is 0 Å². The van der Waals surface area contributed by atoms with Gasteiger partial charge in [-0.25, -0.2) is 0 Å². The quantitative estimate of drug-likeness (QED) is 0.761. The molecule has 0 saturated carbocycles. The summed E-state index contributed by atoms with van der Waals surface area (Å²) in [6.07, 6.45) is 0. The Morgan fingerprint density at radius 1 is 1.38 bits per heavy atom. The Hall–Kier alpha value is -1.06. The zero-order valence-electron chi connectivity index (χ0n) is 8.70. The number of carbonyl (C=O) groups is 1. The second-order valence-corrected chi connectivity index (χ2v) is 4.30. The number of carbonyl (C=O) groups excluding carboxylic acids is 1. The minimum Gasteiger partial charge on any atom is -0.295 e. The van der Waals surface area contributed by atoms with Gasteiger partial charge in [0.05, 0.1) is 22.2 Å². The molecule has 3 nitrogen and oxygen atoms in total. The van der Waals surface area contributed by atoms with Crippen molar-refractivity contribution < 1.29 is 4.79 Å². The molecule has 1 aliphatic heterocycles. The molecule has 1 heterocycles. The number of amides is 1. The second-order valence-electron chi connectivity index (χ2n) is 3.48. The first-order valence-electron chi connectivity index (χ1n) is 4.88. The van der Waals surface area contributed by atoms with Crippen LogP contribution in [0.25, 0.3) is 0 Å². The Balaban J connectivity index is 2.38. The summed E-state index contributed by atoms with van der Waals surface area (Å²) in [5.41, 5.74) is 0.349. The van der Waals surface area contributed by atoms with Crippen molar-refractivity contribution in [3.05, 3.63) is 33.8 Å². The standard InChI is InChI=1S/C11H10Cl2N2O/c1-7-14-5-6-15(7)11(16)10-8(12)3-2-4-9(10)13/h2-4H,5-6H2,1H3. The largest absolute Gasteiger partial charge is 0.295 e. The summed E-state index contributed by atoms with van der Waals surface area (Å²) in [5, 5.41) is 0.745. The zero-order chi connectivity index (χ0) is 11.7. The number of hydrogen-bond donors (Lipinski definition) is 0. The van der Waals surface area contributed by atoms with E-state index in [1.807, 2.05) is 0 Å². The Morgan fingerprint density at radius 3 is 2.50 bits per heavy atom. The van der Waals surface area contributed by atoms with Crippen molar-refractivity contribution >= 4 is 34.9 Å². The van der Waals surface area contributed by atoms with Gasteiger partial charge in [-0.05, 0) is 19.1 Å². The van der Waals surface area contributed by atoms with Gasteiger partial charge in [-0.3, -0.25) is 14.7 Å². The van der Waals surface area contributed by atoms with E-state index in [-0.39, 0.29) is 5.91 Å². The molecule has 1 aromatic rings. The Labute approximate surface area is 104 Å². The van der Waals surface area contributed by atoms with Crippen molar-refractivity contribution in [2.75, 3.05) is 13.1 Å². The minimum absolute atomic E-state index is 0.186. The van der Waals surface area contributed by atoms with E-state index < -0.39 is 0 Å². The van der Waals surface area contributed by atoms with E-state index in [9.17, 15) is 4.79 Å². The molecular formula is C11H10Cl2N2O. The molecular weight excluding hydrogens is 247 g/mol. The third-order valence-electron chi connectivity index (χ3n) is 2.48. The predicted molar refractivity (Wildman–Crippen MR) is 65.5 cm³/mol. The third-order valence-corrected chi connectivity index (χ3v) is 3.11. The van der Waals surface area contributed by atoms with Crippen LogP contribution >= 0.6 is 23.2 Å². The molecule has 5 heteroatoms. The molecule has 0 aromatic heterocycles. The van der Waals surface area contributed by atoms with Gasteiger partial charge >= 0.3 is 0 Å². The predicted octanol–water partition coefficient (Wildman–Crippen LogP) is 2.87. The van der Waals surface area contributed by atoms with Crippen molar-refractivity contribution in [2.24, 2.45) is 4.99 Å². The van der Waals surface area contributed by atoms with E-state index in [0.717, 1.165) is 0 Å². The number of hydrogen-bond acceptors (Lipinski definition) is 2. The summed E-state index contributed by atoms with van der Waals surface area (Å²) in [7, 11) is 0. The van der Waals surface area contributed by atoms with Gasteiger partial charge < -0.3 is 0 Å². The maximum Gasteiger partial charge on any atom is 0.262 e. The number of aliphatic imine (C=N–C) groups is 1. The first-order valence-corrected chi connectivity index (χ1v) is 5.64. The molecule has 0 atom stereocenters. The second kappa shape index (κ2) is 4.44. The summed E-state index contributed by atoms with van der Waals surface area (Å²) < 4.78 is 0. The van der Waals surface area contributed by atoms with Crippen LogP contribution in [0.2, 0.25) is 10.0 Å². The van der Waals surface area contributed by atoms with Gasteiger partial charge in [-0.15, -0.1) is 0 Å². The molecule has 0 aliphatic carbocycles. The molecule has 84 valence electrons. The lowest BCUT2D eigenvalue weighted by Gasteiger charge is -2.17. The lowest BCUT2D eigenvalue weighted by atomic mass is 10.2. The van der Waals surface area contributed by atoms with Crippen molar-refractivity contribution in [3.63, 3.8) is 0 Å². The molecule has 0 radical (unpaired) electrons. The van der Waals surface area contributed by atoms with Crippen LogP contribution in [0.4, 0.5) is 0 Å². The summed E-state index contributed by atoms with van der Waals surface area (Å²) >= 11 is 12.0. The SMILES string of the molecule is CC1=NCCN1C(=O)c1c(Cl)cccc1Cl. The maximum atomic E-state index is 12.2. The number of rotatable bonds is 1. The van der Waals surface area contributed by atoms with Gasteiger partial charge in [0.25, 0.3) is 5.91 Å². The van der Waals surface area contributed by atoms with Crippen molar-refractivity contribution in [1.82, 2.24) is 4.90 Å². The molecule has 0 bridgehead atoms. The first kappa shape index (κ1) is 11.4. The summed E-state index contributed by atoms with van der Waals surface area (Å²) in [6, 6.07) is 5.03. The Bertz CT molecular complexity index is 451. The average molecular weight is 257 g/mol. The lowest BCUT2D eigenvalue weighted by Crippen LogP contribution is -2.33. The van der Waals surface area contributed by atoms with E-state index >= 15 is 0 Å². The normalized spacial score (nSPS) is 15.2. The van der Waals surface area contributed by atoms with E-state index in [0.29, 0.717) is 34.5 Å². The zero-order valence-corrected chi connectivity index (χ0v) is 10.2. The molecule has 2 rings (SSSR count). The van der Waals surface area contributed by atoms with E-state index in [4.69, 9.17) is 23.2 Å². The van der Waals surface area contributed by atoms with Crippen LogP contribution < -0.4 is 0 Å². The lowest BCUT2D eigenvalue weighted by molar-refractivity contribution is 0.0858. The fraction of sp³-hybridized carbons (Fsp3) is 0.273. The fourth-order valence-corrected chi connectivity index (χ4v) is 2.20. The van der Waals surface area contributed by atoms with Crippen LogP contribution in [0.1, 0.15) is 17.3 Å². The van der Waals surface area contributed by atoms with Crippen LogP contribution in [-0.4, -0.2) is 29.7 Å². The first-order chi connectivity index (χ1) is 7.61. The van der Waals surface area contributed by atoms with Gasteiger partial charge in [-0.2, -0.15) is 0 Å². The molecule has 1 aromatic carbocycles. The molecule has 0 N–H and O–H groups in total. The Morgan fingerprint density at radius 2 is 2.00 bits per heavy atom. The van der Waals surface area contributed by atoms with Gasteiger partial charge in [0.1, 0.15) is 5.84 Å². The summed E-state index contributed by atoms with van der Waals surface area (Å²) in [4.78, 5) is 17.9. The highest BCUT2D eigenvalue weighted by Gasteiger charge is 2.25. The minimum atomic E-state index is -0.186. The number of benzene rings is 1. The smallest absolute Gasteiger partial charge is 0.262 e. The van der Waals surface area contributed by atoms with Crippen LogP contribution in [0.3, 0.4) is 0 Å². The van der Waals surface area contributed by atoms with Gasteiger partial charge in [0, 0.05) is 6.54 Å². The summed E-state index contributed by atoms with van der Waals surface area (Å²) in [6.45, 7) is 3.03. The fourth-order valence-electron chi connectivity index (χ4n) is 1.64. The van der Waals surface area contributed by atoms with Crippen LogP contribution in [0.15, 0.2) is 23.2 Å². The van der Waals surface area contributed by atoms with Crippen molar-refractivity contribution in [3.8, 4) is 0 Å².